The van der Waals surface area contributed by atoms with Crippen molar-refractivity contribution < 1.29 is 4.74 Å². The van der Waals surface area contributed by atoms with E-state index in [1.165, 1.54) is 47.7 Å². The average Bonchev–Trinajstić information content (AvgIpc) is 3.08. The Hall–Kier alpha value is -1.87. The van der Waals surface area contributed by atoms with Gasteiger partial charge in [-0.25, -0.2) is 0 Å². The Bertz CT molecular complexity index is 944. The fourth-order valence-corrected chi connectivity index (χ4v) is 4.77. The third kappa shape index (κ3) is 3.82. The zero-order valence-electron chi connectivity index (χ0n) is 16.8. The van der Waals surface area contributed by atoms with Crippen molar-refractivity contribution in [2.24, 2.45) is 0 Å². The summed E-state index contributed by atoms with van der Waals surface area (Å²) in [5.41, 5.74) is 4.87. The molecule has 2 N–H and O–H groups in total. The molecular formula is C23H30N3OP. The molecule has 1 aromatic heterocycles. The Balaban J connectivity index is 1.59. The molecule has 1 unspecified atom stereocenters. The molecule has 2 aromatic carbocycles. The summed E-state index contributed by atoms with van der Waals surface area (Å²) in [6, 6.07) is 15.1. The van der Waals surface area contributed by atoms with Gasteiger partial charge in [0.2, 0.25) is 0 Å². The molecule has 0 bridgehead atoms. The molecule has 2 heterocycles. The highest BCUT2D eigenvalue weighted by molar-refractivity contribution is 7.29. The van der Waals surface area contributed by atoms with Crippen LogP contribution in [0.1, 0.15) is 24.3 Å². The lowest BCUT2D eigenvalue weighted by Gasteiger charge is -2.32. The first-order chi connectivity index (χ1) is 13.7. The van der Waals surface area contributed by atoms with E-state index in [0.717, 1.165) is 30.1 Å². The minimum absolute atomic E-state index is 0.657. The SMILES string of the molecule is CNCCN1CCC(c2ccc3[nH]c(-c4ccccc4OC)c(P)c3c2)CC1. The summed E-state index contributed by atoms with van der Waals surface area (Å²) < 4.78 is 5.57. The number of benzene rings is 2. The number of methoxy groups -OCH3 is 1. The van der Waals surface area contributed by atoms with Crippen molar-refractivity contribution >= 4 is 25.4 Å². The Morgan fingerprint density at radius 1 is 1.18 bits per heavy atom. The molecule has 0 aliphatic carbocycles. The highest BCUT2D eigenvalue weighted by Gasteiger charge is 2.21. The van der Waals surface area contributed by atoms with Crippen molar-refractivity contribution in [2.45, 2.75) is 18.8 Å². The molecule has 4 rings (SSSR count). The van der Waals surface area contributed by atoms with Crippen molar-refractivity contribution in [1.82, 2.24) is 15.2 Å². The van der Waals surface area contributed by atoms with Gasteiger partial charge in [0.25, 0.3) is 0 Å². The topological polar surface area (TPSA) is 40.3 Å². The number of rotatable bonds is 6. The van der Waals surface area contributed by atoms with E-state index in [4.69, 9.17) is 4.74 Å². The van der Waals surface area contributed by atoms with E-state index < -0.39 is 0 Å². The Morgan fingerprint density at radius 2 is 1.96 bits per heavy atom. The fraction of sp³-hybridized carbons (Fsp3) is 0.391. The molecule has 148 valence electrons. The smallest absolute Gasteiger partial charge is 0.128 e. The predicted molar refractivity (Wildman–Crippen MR) is 122 cm³/mol. The average molecular weight is 395 g/mol. The van der Waals surface area contributed by atoms with Crippen LogP contribution < -0.4 is 15.4 Å². The van der Waals surface area contributed by atoms with Crippen molar-refractivity contribution in [2.75, 3.05) is 40.3 Å². The number of H-pyrrole nitrogens is 1. The zero-order valence-corrected chi connectivity index (χ0v) is 17.9. The summed E-state index contributed by atoms with van der Waals surface area (Å²) in [5, 5.41) is 5.76. The number of nitrogens with one attached hydrogen (secondary N) is 2. The molecule has 1 atom stereocenters. The maximum atomic E-state index is 5.57. The van der Waals surface area contributed by atoms with E-state index >= 15 is 0 Å². The standard InChI is InChI=1S/C23H30N3OP/c1-24-11-14-26-12-9-16(10-13-26)17-7-8-20-19(15-17)23(28)22(25-20)18-5-3-4-6-21(18)27-2/h3-8,15-16,24-25H,9-14,28H2,1-2H3. The number of fused-ring (bicyclic) bond motifs is 1. The number of hydrogen-bond acceptors (Lipinski definition) is 3. The largest absolute Gasteiger partial charge is 0.496 e. The van der Waals surface area contributed by atoms with Crippen LogP contribution >= 0.6 is 9.24 Å². The van der Waals surface area contributed by atoms with Crippen LogP contribution in [0.5, 0.6) is 5.75 Å². The predicted octanol–water partition coefficient (Wildman–Crippen LogP) is 3.74. The van der Waals surface area contributed by atoms with Crippen molar-refractivity contribution in [3.05, 3.63) is 48.0 Å². The van der Waals surface area contributed by atoms with E-state index in [1.807, 2.05) is 19.2 Å². The van der Waals surface area contributed by atoms with Gasteiger partial charge in [0.1, 0.15) is 5.75 Å². The van der Waals surface area contributed by atoms with Gasteiger partial charge in [-0.05, 0) is 68.7 Å². The Morgan fingerprint density at radius 3 is 2.71 bits per heavy atom. The van der Waals surface area contributed by atoms with Crippen LogP contribution in [-0.2, 0) is 0 Å². The molecule has 4 nitrogen and oxygen atoms in total. The highest BCUT2D eigenvalue weighted by Crippen LogP contribution is 2.34. The lowest BCUT2D eigenvalue weighted by Crippen LogP contribution is -2.37. The Kier molecular flexibility index (Phi) is 6.01. The summed E-state index contributed by atoms with van der Waals surface area (Å²) in [7, 11) is 6.69. The highest BCUT2D eigenvalue weighted by atomic mass is 31.0. The van der Waals surface area contributed by atoms with Crippen LogP contribution in [0, 0.1) is 0 Å². The number of aromatic amines is 1. The van der Waals surface area contributed by atoms with E-state index in [-0.39, 0.29) is 0 Å². The Labute approximate surface area is 169 Å². The van der Waals surface area contributed by atoms with Gasteiger partial charge in [-0.1, -0.05) is 18.2 Å². The number of likely N-dealkylation sites (N-methyl/N-ethyl adjacent to an activating group) is 1. The monoisotopic (exact) mass is 395 g/mol. The first-order valence-corrected chi connectivity index (χ1v) is 10.7. The fourth-order valence-electron chi connectivity index (χ4n) is 4.31. The molecule has 0 radical (unpaired) electrons. The van der Waals surface area contributed by atoms with Gasteiger partial charge in [0, 0.05) is 34.9 Å². The summed E-state index contributed by atoms with van der Waals surface area (Å²) in [6.45, 7) is 4.61. The molecule has 1 saturated heterocycles. The number of likely N-dealkylation sites (tertiary alicyclic amines) is 1. The molecule has 3 aromatic rings. The van der Waals surface area contributed by atoms with Crippen LogP contribution in [0.25, 0.3) is 22.2 Å². The van der Waals surface area contributed by atoms with E-state index in [0.29, 0.717) is 5.92 Å². The molecule has 28 heavy (non-hydrogen) atoms. The lowest BCUT2D eigenvalue weighted by molar-refractivity contribution is 0.214. The van der Waals surface area contributed by atoms with Crippen LogP contribution in [0.15, 0.2) is 42.5 Å². The van der Waals surface area contributed by atoms with Gasteiger partial charge < -0.3 is 19.9 Å². The first kappa shape index (κ1) is 19.4. The normalized spacial score (nSPS) is 16.0. The molecule has 0 saturated carbocycles. The summed E-state index contributed by atoms with van der Waals surface area (Å²) in [6.07, 6.45) is 2.48. The molecule has 0 amide bonds. The van der Waals surface area contributed by atoms with Crippen LogP contribution in [-0.4, -0.2) is 50.2 Å². The minimum atomic E-state index is 0.657. The number of hydrogen-bond donors (Lipinski definition) is 2. The third-order valence-corrected chi connectivity index (χ3v) is 6.58. The molecule has 0 spiro atoms. The van der Waals surface area contributed by atoms with Gasteiger partial charge in [-0.2, -0.15) is 0 Å². The molecule has 1 aliphatic rings. The van der Waals surface area contributed by atoms with Crippen LogP contribution in [0.4, 0.5) is 0 Å². The second-order valence-electron chi connectivity index (χ2n) is 7.64. The van der Waals surface area contributed by atoms with Gasteiger partial charge in [-0.3, -0.25) is 0 Å². The maximum absolute atomic E-state index is 5.57. The number of ether oxygens (including phenoxy) is 1. The molecule has 1 aliphatic heterocycles. The summed E-state index contributed by atoms with van der Waals surface area (Å²) >= 11 is 0. The molecular weight excluding hydrogens is 365 g/mol. The molecule has 5 heteroatoms. The van der Waals surface area contributed by atoms with Gasteiger partial charge in [0.15, 0.2) is 0 Å². The number of nitrogens with zero attached hydrogens (tertiary/aromatic N) is 1. The van der Waals surface area contributed by atoms with E-state index in [2.05, 4.69) is 54.8 Å². The number of para-hydroxylation sites is 1. The van der Waals surface area contributed by atoms with E-state index in [1.54, 1.807) is 7.11 Å². The number of piperidine rings is 1. The van der Waals surface area contributed by atoms with Crippen molar-refractivity contribution in [1.29, 1.82) is 0 Å². The second kappa shape index (κ2) is 8.65. The third-order valence-electron chi connectivity index (χ3n) is 5.98. The minimum Gasteiger partial charge on any atom is -0.496 e. The van der Waals surface area contributed by atoms with E-state index in [9.17, 15) is 0 Å². The zero-order chi connectivity index (χ0) is 19.5. The quantitative estimate of drug-likeness (QED) is 0.625. The lowest BCUT2D eigenvalue weighted by atomic mass is 9.89. The van der Waals surface area contributed by atoms with Gasteiger partial charge in [-0.15, -0.1) is 9.24 Å². The number of aromatic nitrogens is 1. The molecule has 1 fully saturated rings. The van der Waals surface area contributed by atoms with Crippen LogP contribution in [0.2, 0.25) is 0 Å². The summed E-state index contributed by atoms with van der Waals surface area (Å²) in [4.78, 5) is 6.17. The second-order valence-corrected chi connectivity index (χ2v) is 8.22. The maximum Gasteiger partial charge on any atom is 0.128 e. The first-order valence-electron chi connectivity index (χ1n) is 10.1. The van der Waals surface area contributed by atoms with Crippen molar-refractivity contribution in [3.8, 4) is 17.0 Å². The van der Waals surface area contributed by atoms with Gasteiger partial charge >= 0.3 is 0 Å². The van der Waals surface area contributed by atoms with Crippen LogP contribution in [0.3, 0.4) is 0 Å². The van der Waals surface area contributed by atoms with Crippen molar-refractivity contribution in [3.63, 3.8) is 0 Å². The van der Waals surface area contributed by atoms with Gasteiger partial charge in [0.05, 0.1) is 12.8 Å². The summed E-state index contributed by atoms with van der Waals surface area (Å²) in [5.74, 6) is 1.55.